The fourth-order valence-corrected chi connectivity index (χ4v) is 4.28. The summed E-state index contributed by atoms with van der Waals surface area (Å²) in [6.45, 7) is 1.97. The zero-order valence-electron chi connectivity index (χ0n) is 15.6. The second-order valence-corrected chi connectivity index (χ2v) is 7.82. The van der Waals surface area contributed by atoms with Gasteiger partial charge in [0.25, 0.3) is 5.91 Å². The second kappa shape index (κ2) is 8.52. The number of likely N-dealkylation sites (tertiary alicyclic amines) is 1. The summed E-state index contributed by atoms with van der Waals surface area (Å²) in [7, 11) is 0. The highest BCUT2D eigenvalue weighted by molar-refractivity contribution is 7.08. The van der Waals surface area contributed by atoms with Crippen LogP contribution in [0.2, 0.25) is 0 Å². The molecule has 0 spiro atoms. The van der Waals surface area contributed by atoms with E-state index in [4.69, 9.17) is 0 Å². The topological polar surface area (TPSA) is 79.6 Å². The number of fused-ring (bicyclic) bond motifs is 1. The minimum Gasteiger partial charge on any atom is -0.352 e. The van der Waals surface area contributed by atoms with Gasteiger partial charge in [0.15, 0.2) is 5.65 Å². The van der Waals surface area contributed by atoms with Crippen molar-refractivity contribution in [2.75, 3.05) is 19.6 Å². The molecule has 2 amide bonds. The summed E-state index contributed by atoms with van der Waals surface area (Å²) < 4.78 is 2.01. The Labute approximate surface area is 167 Å². The van der Waals surface area contributed by atoms with Gasteiger partial charge in [-0.2, -0.15) is 11.3 Å². The molecule has 3 aromatic heterocycles. The number of amides is 2. The normalized spacial score (nSPS) is 17.0. The van der Waals surface area contributed by atoms with Gasteiger partial charge in [-0.05, 0) is 42.8 Å². The molecule has 1 N–H and O–H groups in total. The van der Waals surface area contributed by atoms with E-state index in [1.165, 1.54) is 11.3 Å². The van der Waals surface area contributed by atoms with E-state index in [1.54, 1.807) is 6.07 Å². The van der Waals surface area contributed by atoms with Crippen molar-refractivity contribution in [1.29, 1.82) is 0 Å². The van der Waals surface area contributed by atoms with E-state index < -0.39 is 0 Å². The van der Waals surface area contributed by atoms with Gasteiger partial charge in [-0.15, -0.1) is 10.2 Å². The maximum absolute atomic E-state index is 12.6. The first kappa shape index (κ1) is 18.6. The van der Waals surface area contributed by atoms with Crippen LogP contribution in [0.15, 0.2) is 41.2 Å². The van der Waals surface area contributed by atoms with Crippen LogP contribution in [-0.2, 0) is 4.79 Å². The molecule has 7 nitrogen and oxygen atoms in total. The van der Waals surface area contributed by atoms with Crippen LogP contribution in [0.1, 0.15) is 47.8 Å². The van der Waals surface area contributed by atoms with E-state index >= 15 is 0 Å². The van der Waals surface area contributed by atoms with E-state index in [-0.39, 0.29) is 17.7 Å². The summed E-state index contributed by atoms with van der Waals surface area (Å²) >= 11 is 1.50. The van der Waals surface area contributed by atoms with Crippen molar-refractivity contribution >= 4 is 28.8 Å². The first-order chi connectivity index (χ1) is 13.7. The molecule has 0 aliphatic carbocycles. The van der Waals surface area contributed by atoms with Gasteiger partial charge in [-0.3, -0.25) is 14.0 Å². The van der Waals surface area contributed by atoms with Gasteiger partial charge in [-0.1, -0.05) is 6.07 Å². The number of carbonyl (C=O) groups excluding carboxylic acids is 2. The average Bonchev–Trinajstić information content (AvgIpc) is 3.41. The summed E-state index contributed by atoms with van der Waals surface area (Å²) in [5.41, 5.74) is 1.51. The fourth-order valence-electron chi connectivity index (χ4n) is 3.65. The van der Waals surface area contributed by atoms with Crippen molar-refractivity contribution in [3.8, 4) is 0 Å². The van der Waals surface area contributed by atoms with Crippen LogP contribution in [0.5, 0.6) is 0 Å². The third kappa shape index (κ3) is 4.06. The molecule has 3 aromatic rings. The first-order valence-electron chi connectivity index (χ1n) is 9.60. The molecular formula is C20H23N5O2S. The highest BCUT2D eigenvalue weighted by atomic mass is 32.1. The molecule has 1 fully saturated rings. The first-order valence-corrected chi connectivity index (χ1v) is 10.5. The Balaban J connectivity index is 1.28. The van der Waals surface area contributed by atoms with Crippen LogP contribution in [0, 0.1) is 0 Å². The molecule has 0 saturated carbocycles. The summed E-state index contributed by atoms with van der Waals surface area (Å²) in [5.74, 6) is 1.19. The largest absolute Gasteiger partial charge is 0.352 e. The van der Waals surface area contributed by atoms with Gasteiger partial charge in [0.05, 0.1) is 0 Å². The highest BCUT2D eigenvalue weighted by Crippen LogP contribution is 2.26. The number of nitrogens with one attached hydrogen (secondary N) is 1. The summed E-state index contributed by atoms with van der Waals surface area (Å²) in [6.07, 6.45) is 5.03. The van der Waals surface area contributed by atoms with Crippen molar-refractivity contribution in [2.45, 2.75) is 31.6 Å². The Morgan fingerprint density at radius 1 is 1.25 bits per heavy atom. The molecule has 1 atom stereocenters. The number of aromatic nitrogens is 3. The zero-order valence-corrected chi connectivity index (χ0v) is 16.4. The molecule has 0 aromatic carbocycles. The molecule has 146 valence electrons. The molecule has 8 heteroatoms. The smallest absolute Gasteiger partial charge is 0.252 e. The van der Waals surface area contributed by atoms with Crippen LogP contribution in [0.4, 0.5) is 0 Å². The third-order valence-corrected chi connectivity index (χ3v) is 5.80. The molecule has 1 aliphatic rings. The van der Waals surface area contributed by atoms with Gasteiger partial charge in [0, 0.05) is 49.1 Å². The van der Waals surface area contributed by atoms with E-state index in [1.807, 2.05) is 44.5 Å². The van der Waals surface area contributed by atoms with Crippen LogP contribution < -0.4 is 5.32 Å². The SMILES string of the molecule is O=C(NCCCC(=O)N1CCCC(c2nnc3ccccn23)C1)c1ccsc1. The van der Waals surface area contributed by atoms with Crippen LogP contribution >= 0.6 is 11.3 Å². The van der Waals surface area contributed by atoms with Crippen LogP contribution in [-0.4, -0.2) is 50.9 Å². The number of hydrogen-bond acceptors (Lipinski definition) is 5. The van der Waals surface area contributed by atoms with Crippen molar-refractivity contribution in [1.82, 2.24) is 24.8 Å². The zero-order chi connectivity index (χ0) is 19.3. The molecule has 28 heavy (non-hydrogen) atoms. The molecule has 0 radical (unpaired) electrons. The van der Waals surface area contributed by atoms with E-state index in [0.717, 1.165) is 30.9 Å². The Bertz CT molecular complexity index is 953. The number of nitrogens with zero attached hydrogens (tertiary/aromatic N) is 4. The Morgan fingerprint density at radius 3 is 3.04 bits per heavy atom. The van der Waals surface area contributed by atoms with Crippen molar-refractivity contribution in [3.63, 3.8) is 0 Å². The minimum atomic E-state index is -0.0783. The number of hydrogen-bond donors (Lipinski definition) is 1. The lowest BCUT2D eigenvalue weighted by molar-refractivity contribution is -0.132. The molecular weight excluding hydrogens is 374 g/mol. The van der Waals surface area contributed by atoms with Gasteiger partial charge in [0.2, 0.25) is 5.91 Å². The predicted octanol–water partition coefficient (Wildman–Crippen LogP) is 2.71. The molecule has 4 rings (SSSR count). The lowest BCUT2D eigenvalue weighted by atomic mass is 9.97. The monoisotopic (exact) mass is 397 g/mol. The number of thiophene rings is 1. The molecule has 1 aliphatic heterocycles. The Kier molecular flexibility index (Phi) is 5.66. The molecule has 0 bridgehead atoms. The minimum absolute atomic E-state index is 0.0783. The summed E-state index contributed by atoms with van der Waals surface area (Å²) in [5, 5.41) is 15.2. The predicted molar refractivity (Wildman–Crippen MR) is 107 cm³/mol. The molecule has 1 unspecified atom stereocenters. The maximum atomic E-state index is 12.6. The average molecular weight is 398 g/mol. The fraction of sp³-hybridized carbons (Fsp3) is 0.400. The van der Waals surface area contributed by atoms with Crippen LogP contribution in [0.25, 0.3) is 5.65 Å². The number of rotatable bonds is 6. The van der Waals surface area contributed by atoms with E-state index in [2.05, 4.69) is 15.5 Å². The number of carbonyl (C=O) groups is 2. The lowest BCUT2D eigenvalue weighted by Crippen LogP contribution is -2.39. The van der Waals surface area contributed by atoms with Gasteiger partial charge < -0.3 is 10.2 Å². The van der Waals surface area contributed by atoms with Crippen molar-refractivity contribution in [3.05, 3.63) is 52.6 Å². The van der Waals surface area contributed by atoms with E-state index in [9.17, 15) is 9.59 Å². The standard InChI is InChI=1S/C20H23N5O2S/c26-18(7-3-9-21-20(27)16-8-12-28-14-16)24-10-4-5-15(13-24)19-23-22-17-6-1-2-11-25(17)19/h1-2,6,8,11-12,14-15H,3-5,7,9-10,13H2,(H,21,27). The molecule has 4 heterocycles. The third-order valence-electron chi connectivity index (χ3n) is 5.12. The van der Waals surface area contributed by atoms with Gasteiger partial charge in [0.1, 0.15) is 5.82 Å². The quantitative estimate of drug-likeness (QED) is 0.649. The highest BCUT2D eigenvalue weighted by Gasteiger charge is 2.27. The lowest BCUT2D eigenvalue weighted by Gasteiger charge is -2.32. The Hall–Kier alpha value is -2.74. The summed E-state index contributed by atoms with van der Waals surface area (Å²) in [6, 6.07) is 7.65. The summed E-state index contributed by atoms with van der Waals surface area (Å²) in [4.78, 5) is 26.5. The van der Waals surface area contributed by atoms with Crippen molar-refractivity contribution in [2.24, 2.45) is 0 Å². The number of piperidine rings is 1. The Morgan fingerprint density at radius 2 is 2.18 bits per heavy atom. The molecule has 1 saturated heterocycles. The second-order valence-electron chi connectivity index (χ2n) is 7.04. The van der Waals surface area contributed by atoms with Crippen molar-refractivity contribution < 1.29 is 9.59 Å². The van der Waals surface area contributed by atoms with Crippen LogP contribution in [0.3, 0.4) is 0 Å². The van der Waals surface area contributed by atoms with Gasteiger partial charge >= 0.3 is 0 Å². The van der Waals surface area contributed by atoms with E-state index in [0.29, 0.717) is 31.5 Å². The van der Waals surface area contributed by atoms with Gasteiger partial charge in [-0.25, -0.2) is 0 Å². The number of pyridine rings is 1. The maximum Gasteiger partial charge on any atom is 0.252 e.